The second kappa shape index (κ2) is 5.06. The Bertz CT molecular complexity index is 313. The first-order valence-electron chi connectivity index (χ1n) is 4.43. The van der Waals surface area contributed by atoms with E-state index in [0.717, 1.165) is 18.4 Å². The maximum absolute atomic E-state index is 10.4. The number of urea groups is 1. The summed E-state index contributed by atoms with van der Waals surface area (Å²) in [5.74, 6) is 0.548. The number of hydrogen-bond donors (Lipinski definition) is 3. The lowest BCUT2D eigenvalue weighted by molar-refractivity contribution is 0.249. The van der Waals surface area contributed by atoms with Gasteiger partial charge < -0.3 is 16.8 Å². The van der Waals surface area contributed by atoms with Crippen molar-refractivity contribution in [2.24, 2.45) is 5.73 Å². The van der Waals surface area contributed by atoms with Gasteiger partial charge in [0.2, 0.25) is 0 Å². The molecule has 5 heteroatoms. The molecule has 14 heavy (non-hydrogen) atoms. The summed E-state index contributed by atoms with van der Waals surface area (Å²) in [6.07, 6.45) is 3.25. The number of aromatic nitrogens is 1. The molecule has 0 unspecified atom stereocenters. The number of aryl methyl sites for hydroxylation is 1. The van der Waals surface area contributed by atoms with E-state index in [4.69, 9.17) is 11.5 Å². The van der Waals surface area contributed by atoms with E-state index < -0.39 is 6.03 Å². The van der Waals surface area contributed by atoms with Crippen molar-refractivity contribution in [2.45, 2.75) is 12.8 Å². The molecule has 1 heterocycles. The van der Waals surface area contributed by atoms with Crippen LogP contribution in [-0.2, 0) is 6.42 Å². The van der Waals surface area contributed by atoms with Gasteiger partial charge in [-0.3, -0.25) is 0 Å². The van der Waals surface area contributed by atoms with E-state index in [1.54, 1.807) is 6.20 Å². The minimum Gasteiger partial charge on any atom is -0.383 e. The number of carbonyl (C=O) groups excluding carboxylic acids is 1. The summed E-state index contributed by atoms with van der Waals surface area (Å²) in [6, 6.07) is 3.27. The third-order valence-electron chi connectivity index (χ3n) is 1.85. The predicted molar refractivity (Wildman–Crippen MR) is 54.6 cm³/mol. The maximum atomic E-state index is 10.4. The van der Waals surface area contributed by atoms with Crippen molar-refractivity contribution in [3.8, 4) is 0 Å². The van der Waals surface area contributed by atoms with Crippen LogP contribution in [0.1, 0.15) is 12.0 Å². The molecule has 0 aromatic carbocycles. The topological polar surface area (TPSA) is 94.0 Å². The lowest BCUT2D eigenvalue weighted by Crippen LogP contribution is -2.30. The van der Waals surface area contributed by atoms with Crippen LogP contribution >= 0.6 is 0 Å². The number of primary amides is 1. The van der Waals surface area contributed by atoms with E-state index in [2.05, 4.69) is 10.3 Å². The minimum absolute atomic E-state index is 0.496. The molecule has 0 aliphatic heterocycles. The Hall–Kier alpha value is -1.78. The van der Waals surface area contributed by atoms with Crippen LogP contribution in [0.15, 0.2) is 18.3 Å². The van der Waals surface area contributed by atoms with E-state index in [1.165, 1.54) is 0 Å². The van der Waals surface area contributed by atoms with Crippen molar-refractivity contribution in [1.82, 2.24) is 10.3 Å². The van der Waals surface area contributed by atoms with Gasteiger partial charge in [-0.15, -0.1) is 0 Å². The average Bonchev–Trinajstić information content (AvgIpc) is 2.15. The van der Waals surface area contributed by atoms with Crippen LogP contribution in [0.25, 0.3) is 0 Å². The van der Waals surface area contributed by atoms with Crippen LogP contribution in [0, 0.1) is 0 Å². The summed E-state index contributed by atoms with van der Waals surface area (Å²) >= 11 is 0. The summed E-state index contributed by atoms with van der Waals surface area (Å²) < 4.78 is 0. The molecule has 0 aliphatic carbocycles. The van der Waals surface area contributed by atoms with Gasteiger partial charge in [-0.25, -0.2) is 9.78 Å². The first-order chi connectivity index (χ1) is 6.70. The molecule has 0 spiro atoms. The highest BCUT2D eigenvalue weighted by atomic mass is 16.2. The zero-order valence-electron chi connectivity index (χ0n) is 7.86. The lowest BCUT2D eigenvalue weighted by Gasteiger charge is -2.04. The molecular formula is C9H14N4O. The van der Waals surface area contributed by atoms with E-state index in [0.29, 0.717) is 12.4 Å². The zero-order chi connectivity index (χ0) is 10.4. The Kier molecular flexibility index (Phi) is 3.72. The second-order valence-corrected chi connectivity index (χ2v) is 2.94. The van der Waals surface area contributed by atoms with Gasteiger partial charge in [0.15, 0.2) is 0 Å². The van der Waals surface area contributed by atoms with Gasteiger partial charge in [-0.1, -0.05) is 6.07 Å². The standard InChI is InChI=1S/C9H14N4O/c10-8-7(3-1-5-12-8)4-2-6-13-9(11)14/h1,3,5H,2,4,6H2,(H2,10,12)(H3,11,13,14). The highest BCUT2D eigenvalue weighted by molar-refractivity contribution is 5.71. The van der Waals surface area contributed by atoms with Crippen LogP contribution in [0.2, 0.25) is 0 Å². The molecule has 0 atom stereocenters. The molecule has 2 amide bonds. The Morgan fingerprint density at radius 3 is 3.00 bits per heavy atom. The van der Waals surface area contributed by atoms with Gasteiger partial charge in [0, 0.05) is 12.7 Å². The van der Waals surface area contributed by atoms with Gasteiger partial charge in [0.1, 0.15) is 5.82 Å². The Labute approximate surface area is 82.5 Å². The van der Waals surface area contributed by atoms with Gasteiger partial charge >= 0.3 is 6.03 Å². The molecule has 0 saturated carbocycles. The second-order valence-electron chi connectivity index (χ2n) is 2.94. The molecule has 0 saturated heterocycles. The summed E-state index contributed by atoms with van der Waals surface area (Å²) in [6.45, 7) is 0.559. The fourth-order valence-corrected chi connectivity index (χ4v) is 1.15. The maximum Gasteiger partial charge on any atom is 0.312 e. The van der Waals surface area contributed by atoms with Gasteiger partial charge in [-0.05, 0) is 24.5 Å². The number of pyridine rings is 1. The van der Waals surface area contributed by atoms with Crippen LogP contribution in [0.4, 0.5) is 10.6 Å². The molecule has 0 bridgehead atoms. The van der Waals surface area contributed by atoms with Crippen molar-refractivity contribution in [1.29, 1.82) is 0 Å². The van der Waals surface area contributed by atoms with Crippen molar-refractivity contribution >= 4 is 11.8 Å². The molecule has 76 valence electrons. The van der Waals surface area contributed by atoms with Gasteiger partial charge in [0.25, 0.3) is 0 Å². The van der Waals surface area contributed by atoms with Crippen LogP contribution in [0.3, 0.4) is 0 Å². The SMILES string of the molecule is NC(=O)NCCCc1cccnc1N. The van der Waals surface area contributed by atoms with E-state index in [-0.39, 0.29) is 0 Å². The number of nitrogen functional groups attached to an aromatic ring is 1. The van der Waals surface area contributed by atoms with E-state index in [1.807, 2.05) is 12.1 Å². The third kappa shape index (κ3) is 3.30. The molecule has 1 rings (SSSR count). The highest BCUT2D eigenvalue weighted by Crippen LogP contribution is 2.08. The van der Waals surface area contributed by atoms with Crippen LogP contribution in [-0.4, -0.2) is 17.6 Å². The number of nitrogens with zero attached hydrogens (tertiary/aromatic N) is 1. The Balaban J connectivity index is 2.31. The van der Waals surface area contributed by atoms with Crippen molar-refractivity contribution in [3.63, 3.8) is 0 Å². The molecule has 5 nitrogen and oxygen atoms in total. The first-order valence-corrected chi connectivity index (χ1v) is 4.43. The number of carbonyl (C=O) groups is 1. The largest absolute Gasteiger partial charge is 0.383 e. The number of anilines is 1. The molecule has 1 aromatic rings. The van der Waals surface area contributed by atoms with E-state index >= 15 is 0 Å². The summed E-state index contributed by atoms with van der Waals surface area (Å²) in [5.41, 5.74) is 11.6. The summed E-state index contributed by atoms with van der Waals surface area (Å²) in [5, 5.41) is 2.51. The first kappa shape index (κ1) is 10.3. The Morgan fingerprint density at radius 1 is 1.57 bits per heavy atom. The average molecular weight is 194 g/mol. The van der Waals surface area contributed by atoms with Gasteiger partial charge in [0.05, 0.1) is 0 Å². The number of rotatable bonds is 4. The molecular weight excluding hydrogens is 180 g/mol. The Morgan fingerprint density at radius 2 is 2.36 bits per heavy atom. The number of hydrogen-bond acceptors (Lipinski definition) is 3. The smallest absolute Gasteiger partial charge is 0.312 e. The van der Waals surface area contributed by atoms with Crippen molar-refractivity contribution in [3.05, 3.63) is 23.9 Å². The number of nitrogens with two attached hydrogens (primary N) is 2. The molecule has 0 aliphatic rings. The fourth-order valence-electron chi connectivity index (χ4n) is 1.15. The van der Waals surface area contributed by atoms with Crippen molar-refractivity contribution < 1.29 is 4.79 Å². The zero-order valence-corrected chi connectivity index (χ0v) is 7.86. The van der Waals surface area contributed by atoms with Crippen molar-refractivity contribution in [2.75, 3.05) is 12.3 Å². The lowest BCUT2D eigenvalue weighted by atomic mass is 10.1. The predicted octanol–water partition coefficient (Wildman–Crippen LogP) is 0.265. The van der Waals surface area contributed by atoms with Crippen LogP contribution < -0.4 is 16.8 Å². The number of nitrogens with one attached hydrogen (secondary N) is 1. The normalized spacial score (nSPS) is 9.71. The monoisotopic (exact) mass is 194 g/mol. The molecule has 0 fully saturated rings. The minimum atomic E-state index is -0.496. The van der Waals surface area contributed by atoms with Gasteiger partial charge in [-0.2, -0.15) is 0 Å². The molecule has 0 radical (unpaired) electrons. The highest BCUT2D eigenvalue weighted by Gasteiger charge is 1.98. The summed E-state index contributed by atoms with van der Waals surface area (Å²) in [4.78, 5) is 14.3. The quantitative estimate of drug-likeness (QED) is 0.600. The van der Waals surface area contributed by atoms with E-state index in [9.17, 15) is 4.79 Å². The number of amides is 2. The third-order valence-corrected chi connectivity index (χ3v) is 1.85. The summed E-state index contributed by atoms with van der Waals surface area (Å²) in [7, 11) is 0. The molecule has 5 N–H and O–H groups in total. The fraction of sp³-hybridized carbons (Fsp3) is 0.333. The molecule has 1 aromatic heterocycles. The van der Waals surface area contributed by atoms with Crippen LogP contribution in [0.5, 0.6) is 0 Å².